The van der Waals surface area contributed by atoms with Crippen LogP contribution in [0.1, 0.15) is 38.5 Å². The van der Waals surface area contributed by atoms with E-state index in [0.717, 1.165) is 25.3 Å². The fraction of sp³-hybridized carbons (Fsp3) is 0.917. The van der Waals surface area contributed by atoms with Crippen molar-refractivity contribution in [3.05, 3.63) is 0 Å². The zero-order chi connectivity index (χ0) is 12.5. The Balaban J connectivity index is 1.85. The first kappa shape index (κ1) is 12.9. The lowest BCUT2D eigenvalue weighted by Crippen LogP contribution is -2.44. The Kier molecular flexibility index (Phi) is 3.76. The summed E-state index contributed by atoms with van der Waals surface area (Å²) in [5, 5.41) is -0.346. The van der Waals surface area contributed by atoms with Crippen molar-refractivity contribution in [2.24, 2.45) is 5.92 Å². The van der Waals surface area contributed by atoms with Crippen LogP contribution >= 0.6 is 0 Å². The third-order valence-corrected chi connectivity index (χ3v) is 5.40. The van der Waals surface area contributed by atoms with Crippen LogP contribution in [-0.2, 0) is 14.6 Å². The van der Waals surface area contributed by atoms with E-state index in [-0.39, 0.29) is 11.2 Å². The van der Waals surface area contributed by atoms with Gasteiger partial charge in [0.1, 0.15) is 0 Å². The van der Waals surface area contributed by atoms with E-state index in [1.54, 1.807) is 4.90 Å². The Labute approximate surface area is 103 Å². The van der Waals surface area contributed by atoms with E-state index in [9.17, 15) is 13.2 Å². The Morgan fingerprint density at radius 1 is 1.29 bits per heavy atom. The largest absolute Gasteiger partial charge is 0.341 e. The topological polar surface area (TPSA) is 54.5 Å². The molecule has 1 atom stereocenters. The predicted molar refractivity (Wildman–Crippen MR) is 66.4 cm³/mol. The van der Waals surface area contributed by atoms with Gasteiger partial charge < -0.3 is 4.90 Å². The molecule has 0 aromatic heterocycles. The van der Waals surface area contributed by atoms with Gasteiger partial charge in [-0.2, -0.15) is 0 Å². The number of rotatable bonds is 4. The summed E-state index contributed by atoms with van der Waals surface area (Å²) in [5.74, 6) is 0.902. The van der Waals surface area contributed by atoms with Gasteiger partial charge in [-0.25, -0.2) is 8.42 Å². The fourth-order valence-corrected chi connectivity index (χ4v) is 3.45. The maximum Gasteiger partial charge on any atom is 0.222 e. The quantitative estimate of drug-likeness (QED) is 0.762. The fourth-order valence-electron chi connectivity index (χ4n) is 2.41. The van der Waals surface area contributed by atoms with Crippen molar-refractivity contribution in [3.63, 3.8) is 0 Å². The molecule has 5 heteroatoms. The molecule has 2 fully saturated rings. The first-order valence-electron chi connectivity index (χ1n) is 6.43. The Hall–Kier alpha value is -0.580. The van der Waals surface area contributed by atoms with Gasteiger partial charge in [0.2, 0.25) is 5.91 Å². The molecule has 1 saturated carbocycles. The van der Waals surface area contributed by atoms with E-state index in [4.69, 9.17) is 0 Å². The number of carbonyl (C=O) groups is 1. The van der Waals surface area contributed by atoms with Gasteiger partial charge >= 0.3 is 0 Å². The normalized spacial score (nSPS) is 25.9. The van der Waals surface area contributed by atoms with Crippen molar-refractivity contribution >= 4 is 15.7 Å². The van der Waals surface area contributed by atoms with E-state index < -0.39 is 9.84 Å². The minimum absolute atomic E-state index is 0.144. The molecule has 17 heavy (non-hydrogen) atoms. The second-order valence-corrected chi connectivity index (χ2v) is 7.74. The van der Waals surface area contributed by atoms with Crippen LogP contribution in [0.15, 0.2) is 0 Å². The molecule has 1 amide bonds. The van der Waals surface area contributed by atoms with Crippen molar-refractivity contribution in [2.45, 2.75) is 43.8 Å². The van der Waals surface area contributed by atoms with Gasteiger partial charge in [0.25, 0.3) is 0 Å². The molecule has 98 valence electrons. The lowest BCUT2D eigenvalue weighted by molar-refractivity contribution is -0.132. The van der Waals surface area contributed by atoms with Gasteiger partial charge in [-0.05, 0) is 25.2 Å². The maximum atomic E-state index is 11.9. The smallest absolute Gasteiger partial charge is 0.222 e. The molecule has 1 aliphatic heterocycles. The summed E-state index contributed by atoms with van der Waals surface area (Å²) in [7, 11) is -3.01. The van der Waals surface area contributed by atoms with E-state index in [1.165, 1.54) is 19.1 Å². The maximum absolute atomic E-state index is 11.9. The molecule has 0 spiro atoms. The summed E-state index contributed by atoms with van der Waals surface area (Å²) in [6.07, 6.45) is 6.90. The number of amides is 1. The van der Waals surface area contributed by atoms with Gasteiger partial charge in [-0.1, -0.05) is 12.8 Å². The molecule has 0 unspecified atom stereocenters. The number of carbonyl (C=O) groups excluding carboxylic acids is 1. The highest BCUT2D eigenvalue weighted by Gasteiger charge is 2.30. The molecule has 0 radical (unpaired) electrons. The van der Waals surface area contributed by atoms with Crippen LogP contribution in [0.5, 0.6) is 0 Å². The molecular weight excluding hydrogens is 238 g/mol. The first-order chi connectivity index (χ1) is 7.97. The number of hydrogen-bond acceptors (Lipinski definition) is 3. The number of nitrogens with zero attached hydrogens (tertiary/aromatic N) is 1. The molecule has 0 bridgehead atoms. The number of sulfone groups is 1. The van der Waals surface area contributed by atoms with Crippen LogP contribution < -0.4 is 0 Å². The zero-order valence-corrected chi connectivity index (χ0v) is 11.2. The van der Waals surface area contributed by atoms with E-state index in [1.807, 2.05) is 0 Å². The molecule has 0 aromatic carbocycles. The predicted octanol–water partition coefficient (Wildman–Crippen LogP) is 1.21. The summed E-state index contributed by atoms with van der Waals surface area (Å²) in [4.78, 5) is 13.7. The summed E-state index contributed by atoms with van der Waals surface area (Å²) in [6.45, 7) is 1.14. The second-order valence-electron chi connectivity index (χ2n) is 5.42. The molecule has 1 heterocycles. The van der Waals surface area contributed by atoms with Gasteiger partial charge in [-0.3, -0.25) is 4.79 Å². The van der Waals surface area contributed by atoms with Crippen molar-refractivity contribution in [2.75, 3.05) is 19.3 Å². The number of piperidine rings is 1. The van der Waals surface area contributed by atoms with E-state index >= 15 is 0 Å². The summed E-state index contributed by atoms with van der Waals surface area (Å²) < 4.78 is 23.0. The van der Waals surface area contributed by atoms with Crippen molar-refractivity contribution in [1.29, 1.82) is 0 Å². The minimum atomic E-state index is -3.01. The standard InChI is InChI=1S/C12H21NO3S/c1-17(15,16)11-3-2-8-13(9-11)12(14)7-6-10-4-5-10/h10-11H,2-9H2,1H3/t11-/m0/s1. The minimum Gasteiger partial charge on any atom is -0.341 e. The van der Waals surface area contributed by atoms with Crippen LogP contribution in [0.4, 0.5) is 0 Å². The van der Waals surface area contributed by atoms with Gasteiger partial charge in [0.05, 0.1) is 5.25 Å². The van der Waals surface area contributed by atoms with Crippen LogP contribution in [0.3, 0.4) is 0 Å². The number of hydrogen-bond donors (Lipinski definition) is 0. The molecule has 2 rings (SSSR count). The van der Waals surface area contributed by atoms with Gasteiger partial charge in [0.15, 0.2) is 9.84 Å². The molecule has 0 aromatic rings. The Bertz CT molecular complexity index is 387. The summed E-state index contributed by atoms with van der Waals surface area (Å²) >= 11 is 0. The molecular formula is C12H21NO3S. The molecule has 1 aliphatic carbocycles. The summed E-state index contributed by atoms with van der Waals surface area (Å²) in [5.41, 5.74) is 0. The molecule has 4 nitrogen and oxygen atoms in total. The van der Waals surface area contributed by atoms with Crippen molar-refractivity contribution in [3.8, 4) is 0 Å². The highest BCUT2D eigenvalue weighted by Crippen LogP contribution is 2.33. The van der Waals surface area contributed by atoms with Gasteiger partial charge in [0, 0.05) is 25.8 Å². The third-order valence-electron chi connectivity index (χ3n) is 3.80. The lowest BCUT2D eigenvalue weighted by Gasteiger charge is -2.31. The second kappa shape index (κ2) is 4.96. The third kappa shape index (κ3) is 3.69. The Morgan fingerprint density at radius 3 is 2.59 bits per heavy atom. The molecule has 0 N–H and O–H groups in total. The highest BCUT2D eigenvalue weighted by atomic mass is 32.2. The van der Waals surface area contributed by atoms with Crippen LogP contribution in [0.2, 0.25) is 0 Å². The van der Waals surface area contributed by atoms with E-state index in [0.29, 0.717) is 19.4 Å². The van der Waals surface area contributed by atoms with Crippen LogP contribution in [0, 0.1) is 5.92 Å². The first-order valence-corrected chi connectivity index (χ1v) is 8.39. The monoisotopic (exact) mass is 259 g/mol. The van der Waals surface area contributed by atoms with Crippen LogP contribution in [0.25, 0.3) is 0 Å². The molecule has 2 aliphatic rings. The van der Waals surface area contributed by atoms with Crippen LogP contribution in [-0.4, -0.2) is 43.8 Å². The molecule has 1 saturated heterocycles. The summed E-state index contributed by atoms with van der Waals surface area (Å²) in [6, 6.07) is 0. The SMILES string of the molecule is CS(=O)(=O)[C@H]1CCCN(C(=O)CCC2CC2)C1. The van der Waals surface area contributed by atoms with Gasteiger partial charge in [-0.15, -0.1) is 0 Å². The zero-order valence-electron chi connectivity index (χ0n) is 10.4. The average Bonchev–Trinajstić information content (AvgIpc) is 3.09. The average molecular weight is 259 g/mol. The lowest BCUT2D eigenvalue weighted by atomic mass is 10.1. The highest BCUT2D eigenvalue weighted by molar-refractivity contribution is 7.91. The van der Waals surface area contributed by atoms with Crippen molar-refractivity contribution < 1.29 is 13.2 Å². The Morgan fingerprint density at radius 2 is 2.00 bits per heavy atom. The van der Waals surface area contributed by atoms with Crippen molar-refractivity contribution in [1.82, 2.24) is 4.90 Å². The van der Waals surface area contributed by atoms with E-state index in [2.05, 4.69) is 0 Å². The number of likely N-dealkylation sites (tertiary alicyclic amines) is 1.